The Morgan fingerprint density at radius 1 is 1.47 bits per heavy atom. The standard InChI is InChI=1S/C13H11ClN2O2S/c14-11-5-9(13(17)18)6-12(15-11)16-3-1-10-8(7-16)2-4-19-10/h2,4-6H,1,3,7H2,(H,17,18). The molecule has 0 bridgehead atoms. The van der Waals surface area contributed by atoms with Crippen LogP contribution in [0.5, 0.6) is 0 Å². The van der Waals surface area contributed by atoms with E-state index in [4.69, 9.17) is 16.7 Å². The second-order valence-electron chi connectivity index (χ2n) is 4.38. The van der Waals surface area contributed by atoms with Crippen molar-refractivity contribution in [3.8, 4) is 0 Å². The lowest BCUT2D eigenvalue weighted by molar-refractivity contribution is 0.0697. The molecule has 4 nitrogen and oxygen atoms in total. The number of rotatable bonds is 2. The van der Waals surface area contributed by atoms with Crippen LogP contribution in [-0.2, 0) is 13.0 Å². The zero-order valence-corrected chi connectivity index (χ0v) is 11.5. The molecule has 1 N–H and O–H groups in total. The van der Waals surface area contributed by atoms with Gasteiger partial charge < -0.3 is 10.0 Å². The highest BCUT2D eigenvalue weighted by atomic mass is 35.5. The number of halogens is 1. The van der Waals surface area contributed by atoms with Crippen LogP contribution in [0, 0.1) is 0 Å². The lowest BCUT2D eigenvalue weighted by atomic mass is 10.1. The Bertz CT molecular complexity index is 641. The van der Waals surface area contributed by atoms with Crippen molar-refractivity contribution in [1.82, 2.24) is 4.98 Å². The van der Waals surface area contributed by atoms with Crippen LogP contribution in [0.3, 0.4) is 0 Å². The quantitative estimate of drug-likeness (QED) is 0.865. The third kappa shape index (κ3) is 2.43. The Balaban J connectivity index is 1.93. The first-order valence-corrected chi connectivity index (χ1v) is 7.10. The van der Waals surface area contributed by atoms with Gasteiger partial charge in [-0.25, -0.2) is 9.78 Å². The largest absolute Gasteiger partial charge is 0.478 e. The molecule has 0 aliphatic carbocycles. The molecule has 0 fully saturated rings. The van der Waals surface area contributed by atoms with Gasteiger partial charge in [-0.05, 0) is 35.6 Å². The lowest BCUT2D eigenvalue weighted by Gasteiger charge is -2.28. The topological polar surface area (TPSA) is 53.4 Å². The minimum Gasteiger partial charge on any atom is -0.478 e. The van der Waals surface area contributed by atoms with E-state index >= 15 is 0 Å². The molecule has 1 aliphatic rings. The third-order valence-corrected chi connectivity index (χ3v) is 4.38. The molecule has 0 amide bonds. The molecule has 98 valence electrons. The molecular formula is C13H11ClN2O2S. The van der Waals surface area contributed by atoms with Crippen molar-refractivity contribution >= 4 is 34.7 Å². The molecule has 19 heavy (non-hydrogen) atoms. The number of carbonyl (C=O) groups is 1. The van der Waals surface area contributed by atoms with E-state index in [1.165, 1.54) is 16.5 Å². The van der Waals surface area contributed by atoms with Crippen molar-refractivity contribution in [2.75, 3.05) is 11.4 Å². The number of hydrogen-bond donors (Lipinski definition) is 1. The summed E-state index contributed by atoms with van der Waals surface area (Å²) in [5, 5.41) is 11.4. The summed E-state index contributed by atoms with van der Waals surface area (Å²) < 4.78 is 0. The maximum absolute atomic E-state index is 11.0. The van der Waals surface area contributed by atoms with Gasteiger partial charge in [-0.15, -0.1) is 11.3 Å². The fourth-order valence-electron chi connectivity index (χ4n) is 2.21. The molecule has 0 saturated heterocycles. The summed E-state index contributed by atoms with van der Waals surface area (Å²) in [5.74, 6) is -0.361. The number of pyridine rings is 1. The van der Waals surface area contributed by atoms with Gasteiger partial charge in [-0.2, -0.15) is 0 Å². The fourth-order valence-corrected chi connectivity index (χ4v) is 3.31. The monoisotopic (exact) mass is 294 g/mol. The van der Waals surface area contributed by atoms with Gasteiger partial charge in [-0.1, -0.05) is 11.6 Å². The molecule has 0 saturated carbocycles. The molecule has 0 aromatic carbocycles. The third-order valence-electron chi connectivity index (χ3n) is 3.16. The number of aromatic carboxylic acids is 1. The number of thiophene rings is 1. The molecule has 2 aromatic heterocycles. The SMILES string of the molecule is O=C(O)c1cc(Cl)nc(N2CCc3sccc3C2)c1. The number of carboxylic acids is 1. The zero-order valence-electron chi connectivity index (χ0n) is 9.97. The van der Waals surface area contributed by atoms with Crippen LogP contribution >= 0.6 is 22.9 Å². The van der Waals surface area contributed by atoms with E-state index in [0.29, 0.717) is 5.82 Å². The Kier molecular flexibility index (Phi) is 3.16. The van der Waals surface area contributed by atoms with Crippen molar-refractivity contribution in [2.24, 2.45) is 0 Å². The Morgan fingerprint density at radius 2 is 2.32 bits per heavy atom. The number of carboxylic acid groups (broad SMARTS) is 1. The van der Waals surface area contributed by atoms with Crippen molar-refractivity contribution in [3.63, 3.8) is 0 Å². The van der Waals surface area contributed by atoms with E-state index in [9.17, 15) is 4.79 Å². The van der Waals surface area contributed by atoms with E-state index in [-0.39, 0.29) is 10.7 Å². The summed E-state index contributed by atoms with van der Waals surface area (Å²) in [6.45, 7) is 1.59. The van der Waals surface area contributed by atoms with Gasteiger partial charge in [0.15, 0.2) is 0 Å². The van der Waals surface area contributed by atoms with Gasteiger partial charge in [0.25, 0.3) is 0 Å². The summed E-state index contributed by atoms with van der Waals surface area (Å²) in [5.41, 5.74) is 1.46. The van der Waals surface area contributed by atoms with E-state index < -0.39 is 5.97 Å². The normalized spacial score (nSPS) is 14.3. The van der Waals surface area contributed by atoms with Gasteiger partial charge in [0.05, 0.1) is 5.56 Å². The molecule has 6 heteroatoms. The highest BCUT2D eigenvalue weighted by molar-refractivity contribution is 7.10. The molecule has 2 aromatic rings. The Labute approximate surface area is 119 Å². The van der Waals surface area contributed by atoms with Crippen LogP contribution < -0.4 is 4.90 Å². The van der Waals surface area contributed by atoms with E-state index in [2.05, 4.69) is 21.3 Å². The van der Waals surface area contributed by atoms with Gasteiger partial charge >= 0.3 is 5.97 Å². The maximum atomic E-state index is 11.0. The summed E-state index contributed by atoms with van der Waals surface area (Å²) in [4.78, 5) is 18.7. The molecule has 3 heterocycles. The summed E-state index contributed by atoms with van der Waals surface area (Å²) in [7, 11) is 0. The first-order valence-electron chi connectivity index (χ1n) is 5.84. The molecule has 3 rings (SSSR count). The predicted octanol–water partition coefficient (Wildman–Crippen LogP) is 3.06. The molecule has 0 radical (unpaired) electrons. The number of fused-ring (bicyclic) bond motifs is 1. The van der Waals surface area contributed by atoms with Crippen LogP contribution in [-0.4, -0.2) is 22.6 Å². The van der Waals surface area contributed by atoms with E-state index in [0.717, 1.165) is 19.5 Å². The smallest absolute Gasteiger partial charge is 0.335 e. The summed E-state index contributed by atoms with van der Waals surface area (Å²) >= 11 is 7.66. The van der Waals surface area contributed by atoms with Crippen LogP contribution in [0.15, 0.2) is 23.6 Å². The van der Waals surface area contributed by atoms with Crippen molar-refractivity contribution in [1.29, 1.82) is 0 Å². The second-order valence-corrected chi connectivity index (χ2v) is 5.77. The van der Waals surface area contributed by atoms with Gasteiger partial charge in [-0.3, -0.25) is 0 Å². The zero-order chi connectivity index (χ0) is 13.4. The molecule has 1 aliphatic heterocycles. The number of nitrogens with zero attached hydrogens (tertiary/aromatic N) is 2. The van der Waals surface area contributed by atoms with Crippen molar-refractivity contribution in [3.05, 3.63) is 44.7 Å². The van der Waals surface area contributed by atoms with E-state index in [1.807, 2.05) is 0 Å². The molecule has 0 unspecified atom stereocenters. The Morgan fingerprint density at radius 3 is 3.11 bits per heavy atom. The molecule has 0 spiro atoms. The highest BCUT2D eigenvalue weighted by Gasteiger charge is 2.19. The van der Waals surface area contributed by atoms with Gasteiger partial charge in [0.2, 0.25) is 0 Å². The second kappa shape index (κ2) is 4.83. The van der Waals surface area contributed by atoms with Gasteiger partial charge in [0, 0.05) is 18.0 Å². The van der Waals surface area contributed by atoms with Crippen LogP contribution in [0.1, 0.15) is 20.8 Å². The minimum absolute atomic E-state index is 0.172. The van der Waals surface area contributed by atoms with Crippen LogP contribution in [0.2, 0.25) is 5.15 Å². The number of aromatic nitrogens is 1. The van der Waals surface area contributed by atoms with Crippen LogP contribution in [0.25, 0.3) is 0 Å². The molecule has 0 atom stereocenters. The van der Waals surface area contributed by atoms with Crippen molar-refractivity contribution in [2.45, 2.75) is 13.0 Å². The highest BCUT2D eigenvalue weighted by Crippen LogP contribution is 2.28. The fraction of sp³-hybridized carbons (Fsp3) is 0.231. The first-order chi connectivity index (χ1) is 9.13. The summed E-state index contributed by atoms with van der Waals surface area (Å²) in [6, 6.07) is 5.05. The number of anilines is 1. The molecular weight excluding hydrogens is 284 g/mol. The number of hydrogen-bond acceptors (Lipinski definition) is 4. The van der Waals surface area contributed by atoms with Crippen LogP contribution in [0.4, 0.5) is 5.82 Å². The van der Waals surface area contributed by atoms with Gasteiger partial charge in [0.1, 0.15) is 11.0 Å². The minimum atomic E-state index is -0.987. The average molecular weight is 295 g/mol. The Hall–Kier alpha value is -1.59. The van der Waals surface area contributed by atoms with E-state index in [1.54, 1.807) is 17.4 Å². The van der Waals surface area contributed by atoms with Crippen molar-refractivity contribution < 1.29 is 9.90 Å². The lowest BCUT2D eigenvalue weighted by Crippen LogP contribution is -2.30. The predicted molar refractivity (Wildman–Crippen MR) is 75.3 cm³/mol. The maximum Gasteiger partial charge on any atom is 0.335 e. The average Bonchev–Trinajstić information content (AvgIpc) is 2.85. The summed E-state index contributed by atoms with van der Waals surface area (Å²) in [6.07, 6.45) is 0.962. The first kappa shape index (κ1) is 12.4.